The van der Waals surface area contributed by atoms with E-state index in [4.69, 9.17) is 5.73 Å². The van der Waals surface area contributed by atoms with E-state index in [-0.39, 0.29) is 17.9 Å². The molecule has 6 nitrogen and oxygen atoms in total. The number of methoxy groups -OCH3 is 1. The van der Waals surface area contributed by atoms with Crippen molar-refractivity contribution < 1.29 is 14.3 Å². The van der Waals surface area contributed by atoms with Crippen LogP contribution in [0.5, 0.6) is 0 Å². The van der Waals surface area contributed by atoms with Crippen LogP contribution in [0.25, 0.3) is 0 Å². The molecule has 1 rings (SSSR count). The second-order valence-corrected chi connectivity index (χ2v) is 4.63. The number of rotatable bonds is 5. The van der Waals surface area contributed by atoms with Crippen LogP contribution in [-0.4, -0.2) is 49.7 Å². The number of carbonyl (C=O) groups excluding carboxylic acids is 2. The van der Waals surface area contributed by atoms with E-state index in [0.717, 1.165) is 19.3 Å². The van der Waals surface area contributed by atoms with Crippen LogP contribution in [0, 0.1) is 5.92 Å². The van der Waals surface area contributed by atoms with Crippen molar-refractivity contribution in [3.8, 4) is 0 Å². The SMILES string of the molecule is CCCC(CN)C(=O)N1CCC(NC(=O)OC)C1. The average Bonchev–Trinajstić information content (AvgIpc) is 2.83. The predicted octanol–water partition coefficient (Wildman–Crippen LogP) is 0.318. The zero-order chi connectivity index (χ0) is 13.5. The summed E-state index contributed by atoms with van der Waals surface area (Å²) in [4.78, 5) is 25.0. The average molecular weight is 257 g/mol. The Morgan fingerprint density at radius 2 is 2.28 bits per heavy atom. The summed E-state index contributed by atoms with van der Waals surface area (Å²) in [6, 6.07) is -0.0125. The van der Waals surface area contributed by atoms with Gasteiger partial charge in [-0.1, -0.05) is 13.3 Å². The van der Waals surface area contributed by atoms with E-state index >= 15 is 0 Å². The smallest absolute Gasteiger partial charge is 0.407 e. The molecule has 0 radical (unpaired) electrons. The van der Waals surface area contributed by atoms with Crippen LogP contribution < -0.4 is 11.1 Å². The lowest BCUT2D eigenvalue weighted by molar-refractivity contribution is -0.134. The molecule has 0 saturated carbocycles. The molecule has 0 aromatic carbocycles. The third kappa shape index (κ3) is 3.87. The lowest BCUT2D eigenvalue weighted by Crippen LogP contribution is -2.41. The summed E-state index contributed by atoms with van der Waals surface area (Å²) in [6.45, 7) is 3.65. The van der Waals surface area contributed by atoms with Gasteiger partial charge < -0.3 is 20.7 Å². The number of nitrogens with zero attached hydrogens (tertiary/aromatic N) is 1. The monoisotopic (exact) mass is 257 g/mol. The fourth-order valence-electron chi connectivity index (χ4n) is 2.25. The van der Waals surface area contributed by atoms with Gasteiger partial charge in [0.25, 0.3) is 0 Å². The molecule has 6 heteroatoms. The molecule has 2 amide bonds. The molecule has 1 heterocycles. The molecule has 18 heavy (non-hydrogen) atoms. The number of nitrogens with two attached hydrogens (primary N) is 1. The van der Waals surface area contributed by atoms with Gasteiger partial charge in [-0.05, 0) is 12.8 Å². The number of likely N-dealkylation sites (tertiary alicyclic amines) is 1. The minimum Gasteiger partial charge on any atom is -0.453 e. The Bertz CT molecular complexity index is 296. The number of carbonyl (C=O) groups is 2. The number of alkyl carbamates (subject to hydrolysis) is 1. The summed E-state index contributed by atoms with van der Waals surface area (Å²) in [5, 5.41) is 2.72. The van der Waals surface area contributed by atoms with Crippen LogP contribution in [0.3, 0.4) is 0 Å². The largest absolute Gasteiger partial charge is 0.453 e. The fourth-order valence-corrected chi connectivity index (χ4v) is 2.25. The van der Waals surface area contributed by atoms with Crippen LogP contribution in [0.15, 0.2) is 0 Å². The van der Waals surface area contributed by atoms with E-state index in [9.17, 15) is 9.59 Å². The zero-order valence-electron chi connectivity index (χ0n) is 11.1. The van der Waals surface area contributed by atoms with Crippen LogP contribution in [-0.2, 0) is 9.53 Å². The first-order valence-corrected chi connectivity index (χ1v) is 6.45. The second-order valence-electron chi connectivity index (χ2n) is 4.63. The standard InChI is InChI=1S/C12H23N3O3/c1-3-4-9(7-13)11(16)15-6-5-10(8-15)14-12(17)18-2/h9-10H,3-8,13H2,1-2H3,(H,14,17). The molecular formula is C12H23N3O3. The summed E-state index contributed by atoms with van der Waals surface area (Å²) in [7, 11) is 1.33. The summed E-state index contributed by atoms with van der Waals surface area (Å²) in [5.74, 6) is 0.0143. The Hall–Kier alpha value is -1.30. The Kier molecular flexibility index (Phi) is 5.91. The van der Waals surface area contributed by atoms with E-state index < -0.39 is 6.09 Å². The maximum atomic E-state index is 12.2. The molecule has 2 unspecified atom stereocenters. The van der Waals surface area contributed by atoms with Gasteiger partial charge in [-0.15, -0.1) is 0 Å². The van der Waals surface area contributed by atoms with Crippen molar-refractivity contribution in [2.75, 3.05) is 26.7 Å². The number of hydrogen-bond donors (Lipinski definition) is 2. The van der Waals surface area contributed by atoms with Crippen molar-refractivity contribution in [1.82, 2.24) is 10.2 Å². The first-order chi connectivity index (χ1) is 8.62. The highest BCUT2D eigenvalue weighted by molar-refractivity contribution is 5.79. The zero-order valence-corrected chi connectivity index (χ0v) is 11.1. The number of amides is 2. The quantitative estimate of drug-likeness (QED) is 0.742. The van der Waals surface area contributed by atoms with E-state index in [1.165, 1.54) is 7.11 Å². The lowest BCUT2D eigenvalue weighted by Gasteiger charge is -2.22. The van der Waals surface area contributed by atoms with Crippen molar-refractivity contribution in [2.45, 2.75) is 32.2 Å². The fraction of sp³-hybridized carbons (Fsp3) is 0.833. The molecule has 1 saturated heterocycles. The molecule has 0 aromatic heterocycles. The summed E-state index contributed by atoms with van der Waals surface area (Å²) in [6.07, 6.45) is 2.09. The molecule has 3 N–H and O–H groups in total. The van der Waals surface area contributed by atoms with Crippen LogP contribution >= 0.6 is 0 Å². The summed E-state index contributed by atoms with van der Waals surface area (Å²) < 4.78 is 4.54. The lowest BCUT2D eigenvalue weighted by atomic mass is 10.0. The van der Waals surface area contributed by atoms with Crippen molar-refractivity contribution >= 4 is 12.0 Å². The Balaban J connectivity index is 2.45. The van der Waals surface area contributed by atoms with E-state index in [0.29, 0.717) is 19.6 Å². The number of ether oxygens (including phenoxy) is 1. The summed E-state index contributed by atoms with van der Waals surface area (Å²) >= 11 is 0. The van der Waals surface area contributed by atoms with Crippen molar-refractivity contribution in [2.24, 2.45) is 11.7 Å². The van der Waals surface area contributed by atoms with Gasteiger partial charge in [0.05, 0.1) is 19.1 Å². The topological polar surface area (TPSA) is 84.7 Å². The second kappa shape index (κ2) is 7.20. The molecule has 1 aliphatic rings. The van der Waals surface area contributed by atoms with Gasteiger partial charge in [0, 0.05) is 19.6 Å². The number of nitrogens with one attached hydrogen (secondary N) is 1. The first-order valence-electron chi connectivity index (χ1n) is 6.45. The first kappa shape index (κ1) is 14.8. The Morgan fingerprint density at radius 3 is 2.83 bits per heavy atom. The van der Waals surface area contributed by atoms with Crippen molar-refractivity contribution in [3.63, 3.8) is 0 Å². The van der Waals surface area contributed by atoms with Gasteiger partial charge in [-0.3, -0.25) is 4.79 Å². The maximum Gasteiger partial charge on any atom is 0.407 e. The molecule has 1 fully saturated rings. The van der Waals surface area contributed by atoms with E-state index in [1.54, 1.807) is 4.90 Å². The molecule has 0 bridgehead atoms. The van der Waals surface area contributed by atoms with Gasteiger partial charge in [-0.2, -0.15) is 0 Å². The van der Waals surface area contributed by atoms with Gasteiger partial charge in [0.15, 0.2) is 0 Å². The highest BCUT2D eigenvalue weighted by Gasteiger charge is 2.30. The molecule has 104 valence electrons. The molecule has 1 aliphatic heterocycles. The highest BCUT2D eigenvalue weighted by Crippen LogP contribution is 2.15. The Morgan fingerprint density at radius 1 is 1.56 bits per heavy atom. The third-order valence-electron chi connectivity index (χ3n) is 3.28. The van der Waals surface area contributed by atoms with Gasteiger partial charge in [-0.25, -0.2) is 4.79 Å². The summed E-state index contributed by atoms with van der Waals surface area (Å²) in [5.41, 5.74) is 5.63. The molecule has 0 aliphatic carbocycles. The van der Waals surface area contributed by atoms with Crippen LogP contribution in [0.2, 0.25) is 0 Å². The molecule has 0 aromatic rings. The molecule has 0 spiro atoms. The minimum absolute atomic E-state index is 0.0125. The minimum atomic E-state index is -0.446. The third-order valence-corrected chi connectivity index (χ3v) is 3.28. The number of hydrogen-bond acceptors (Lipinski definition) is 4. The predicted molar refractivity (Wildman–Crippen MR) is 68.0 cm³/mol. The maximum absolute atomic E-state index is 12.2. The molecular weight excluding hydrogens is 234 g/mol. The van der Waals surface area contributed by atoms with Crippen molar-refractivity contribution in [1.29, 1.82) is 0 Å². The van der Waals surface area contributed by atoms with Gasteiger partial charge in [0.2, 0.25) is 5.91 Å². The van der Waals surface area contributed by atoms with Gasteiger partial charge >= 0.3 is 6.09 Å². The van der Waals surface area contributed by atoms with Crippen LogP contribution in [0.1, 0.15) is 26.2 Å². The van der Waals surface area contributed by atoms with Gasteiger partial charge in [0.1, 0.15) is 0 Å². The normalized spacial score (nSPS) is 20.6. The van der Waals surface area contributed by atoms with E-state index in [1.807, 2.05) is 6.92 Å². The molecule has 2 atom stereocenters. The van der Waals surface area contributed by atoms with E-state index in [2.05, 4.69) is 10.1 Å². The van der Waals surface area contributed by atoms with Crippen molar-refractivity contribution in [3.05, 3.63) is 0 Å². The Labute approximate surface area is 108 Å². The van der Waals surface area contributed by atoms with Crippen LogP contribution in [0.4, 0.5) is 4.79 Å². The highest BCUT2D eigenvalue weighted by atomic mass is 16.5.